The summed E-state index contributed by atoms with van der Waals surface area (Å²) in [5.41, 5.74) is 0.866. The predicted octanol–water partition coefficient (Wildman–Crippen LogP) is 1.63. The van der Waals surface area contributed by atoms with Gasteiger partial charge in [-0.3, -0.25) is 14.6 Å². The Morgan fingerprint density at radius 2 is 1.76 bits per heavy atom. The quantitative estimate of drug-likeness (QED) is 0.736. The highest BCUT2D eigenvalue weighted by Gasteiger charge is 2.37. The van der Waals surface area contributed by atoms with Crippen LogP contribution in [0.1, 0.15) is 32.0 Å². The number of pyridine rings is 1. The van der Waals surface area contributed by atoms with Crippen molar-refractivity contribution in [3.05, 3.63) is 58.9 Å². The summed E-state index contributed by atoms with van der Waals surface area (Å²) in [7, 11) is 0. The van der Waals surface area contributed by atoms with Crippen molar-refractivity contribution in [2.45, 2.75) is 0 Å². The van der Waals surface area contributed by atoms with Gasteiger partial charge >= 0.3 is 0 Å². The van der Waals surface area contributed by atoms with Crippen LogP contribution in [-0.2, 0) is 0 Å². The fraction of sp³-hybridized carbons (Fsp3) is 0. The van der Waals surface area contributed by atoms with Crippen LogP contribution in [0.4, 0.5) is 5.69 Å². The molecule has 0 unspecified atom stereocenters. The number of fused-ring (bicyclic) bond motifs is 1. The summed E-state index contributed by atoms with van der Waals surface area (Å²) in [6.45, 7) is 0. The van der Waals surface area contributed by atoms with Gasteiger partial charge in [0, 0.05) is 6.20 Å². The average molecular weight is 274 g/mol. The Morgan fingerprint density at radius 3 is 2.43 bits per heavy atom. The molecule has 6 heteroatoms. The topological polar surface area (TPSA) is 97.8 Å². The van der Waals surface area contributed by atoms with E-state index in [1.165, 1.54) is 30.5 Å². The molecular weight excluding hydrogens is 268 g/mol. The molecule has 0 N–H and O–H groups in total. The molecule has 1 aromatic carbocycles. The number of imide groups is 1. The van der Waals surface area contributed by atoms with Gasteiger partial charge in [0.25, 0.3) is 11.8 Å². The number of benzene rings is 1. The molecule has 0 aliphatic carbocycles. The van der Waals surface area contributed by atoms with Crippen molar-refractivity contribution < 1.29 is 9.59 Å². The van der Waals surface area contributed by atoms with Gasteiger partial charge in [0.05, 0.1) is 22.4 Å². The van der Waals surface area contributed by atoms with Gasteiger partial charge in [0.1, 0.15) is 17.8 Å². The third-order valence-electron chi connectivity index (χ3n) is 3.15. The van der Waals surface area contributed by atoms with Crippen LogP contribution in [0.5, 0.6) is 0 Å². The van der Waals surface area contributed by atoms with Crippen LogP contribution in [0.3, 0.4) is 0 Å². The van der Waals surface area contributed by atoms with Gasteiger partial charge in [-0.15, -0.1) is 0 Å². The fourth-order valence-electron chi connectivity index (χ4n) is 2.16. The Morgan fingerprint density at radius 1 is 1.00 bits per heavy atom. The second-order valence-corrected chi connectivity index (χ2v) is 4.30. The molecule has 98 valence electrons. The lowest BCUT2D eigenvalue weighted by Crippen LogP contribution is -2.29. The van der Waals surface area contributed by atoms with Crippen LogP contribution < -0.4 is 4.90 Å². The minimum absolute atomic E-state index is 0.0883. The third kappa shape index (κ3) is 1.75. The molecule has 0 saturated carbocycles. The number of carbonyl (C=O) groups is 2. The first-order valence-corrected chi connectivity index (χ1v) is 5.95. The Balaban J connectivity index is 2.12. The molecule has 21 heavy (non-hydrogen) atoms. The average Bonchev–Trinajstić information content (AvgIpc) is 2.78. The SMILES string of the molecule is N#Cc1ccc(N2C(=O)c3cccnc3C2=O)cc1C#N. The number of anilines is 1. The Hall–Kier alpha value is -3.51. The summed E-state index contributed by atoms with van der Waals surface area (Å²) in [4.78, 5) is 29.4. The number of hydrogen-bond donors (Lipinski definition) is 0. The van der Waals surface area contributed by atoms with Gasteiger partial charge in [0.2, 0.25) is 0 Å². The van der Waals surface area contributed by atoms with Gasteiger partial charge in [0.15, 0.2) is 0 Å². The van der Waals surface area contributed by atoms with Crippen molar-refractivity contribution in [3.8, 4) is 12.1 Å². The Kier molecular flexibility index (Phi) is 2.71. The number of hydrogen-bond acceptors (Lipinski definition) is 5. The molecule has 3 rings (SSSR count). The second kappa shape index (κ2) is 4.55. The van der Waals surface area contributed by atoms with Gasteiger partial charge in [-0.25, -0.2) is 4.90 Å². The van der Waals surface area contributed by atoms with Gasteiger partial charge in [-0.05, 0) is 30.3 Å². The predicted molar refractivity (Wildman–Crippen MR) is 71.2 cm³/mol. The molecule has 2 heterocycles. The lowest BCUT2D eigenvalue weighted by molar-refractivity contribution is 0.0924. The van der Waals surface area contributed by atoms with Crippen molar-refractivity contribution in [2.75, 3.05) is 4.90 Å². The first-order valence-electron chi connectivity index (χ1n) is 5.95. The zero-order chi connectivity index (χ0) is 15.0. The second-order valence-electron chi connectivity index (χ2n) is 4.30. The van der Waals surface area contributed by atoms with E-state index >= 15 is 0 Å². The van der Waals surface area contributed by atoms with E-state index in [0.717, 1.165) is 4.90 Å². The van der Waals surface area contributed by atoms with E-state index in [1.54, 1.807) is 6.07 Å². The van der Waals surface area contributed by atoms with Crippen molar-refractivity contribution >= 4 is 17.5 Å². The molecule has 0 bridgehead atoms. The first-order chi connectivity index (χ1) is 10.2. The monoisotopic (exact) mass is 274 g/mol. The van der Waals surface area contributed by atoms with Gasteiger partial charge in [-0.1, -0.05) is 0 Å². The van der Waals surface area contributed by atoms with Gasteiger partial charge in [-0.2, -0.15) is 10.5 Å². The molecule has 2 amide bonds. The first kappa shape index (κ1) is 12.5. The fourth-order valence-corrected chi connectivity index (χ4v) is 2.16. The molecular formula is C15H6N4O2. The summed E-state index contributed by atoms with van der Waals surface area (Å²) < 4.78 is 0. The van der Waals surface area contributed by atoms with E-state index in [1.807, 2.05) is 12.1 Å². The lowest BCUT2D eigenvalue weighted by Gasteiger charge is -2.13. The lowest BCUT2D eigenvalue weighted by atomic mass is 10.1. The zero-order valence-electron chi connectivity index (χ0n) is 10.6. The number of aromatic nitrogens is 1. The summed E-state index contributed by atoms with van der Waals surface area (Å²) >= 11 is 0. The Bertz CT molecular complexity index is 839. The molecule has 0 atom stereocenters. The molecule has 1 aromatic heterocycles. The van der Waals surface area contributed by atoms with E-state index < -0.39 is 11.8 Å². The van der Waals surface area contributed by atoms with Crippen LogP contribution in [0.15, 0.2) is 36.5 Å². The highest BCUT2D eigenvalue weighted by molar-refractivity contribution is 6.33. The van der Waals surface area contributed by atoms with Crippen molar-refractivity contribution in [1.82, 2.24) is 4.98 Å². The summed E-state index contributed by atoms with van der Waals surface area (Å²) in [5, 5.41) is 17.9. The van der Waals surface area contributed by atoms with Crippen LogP contribution in [-0.4, -0.2) is 16.8 Å². The number of nitrogens with zero attached hydrogens (tertiary/aromatic N) is 4. The summed E-state index contributed by atoms with van der Waals surface area (Å²) in [6, 6.07) is 11.1. The van der Waals surface area contributed by atoms with Gasteiger partial charge < -0.3 is 0 Å². The smallest absolute Gasteiger partial charge is 0.268 e. The maximum absolute atomic E-state index is 12.3. The highest BCUT2D eigenvalue weighted by Crippen LogP contribution is 2.28. The molecule has 2 aromatic rings. The van der Waals surface area contributed by atoms with E-state index in [0.29, 0.717) is 0 Å². The normalized spacial score (nSPS) is 12.8. The largest absolute Gasteiger partial charge is 0.284 e. The van der Waals surface area contributed by atoms with Crippen LogP contribution in [0, 0.1) is 22.7 Å². The highest BCUT2D eigenvalue weighted by atomic mass is 16.2. The molecule has 0 radical (unpaired) electrons. The number of nitriles is 2. The minimum atomic E-state index is -0.538. The number of rotatable bonds is 1. The molecule has 0 saturated heterocycles. The van der Waals surface area contributed by atoms with Crippen LogP contribution in [0.25, 0.3) is 0 Å². The standard InChI is InChI=1S/C15H6N4O2/c16-7-9-3-4-11(6-10(9)8-17)19-14(20)12-2-1-5-18-13(12)15(19)21/h1-6H. The molecule has 6 nitrogen and oxygen atoms in total. The van der Waals surface area contributed by atoms with E-state index in [4.69, 9.17) is 10.5 Å². The maximum Gasteiger partial charge on any atom is 0.284 e. The van der Waals surface area contributed by atoms with Crippen molar-refractivity contribution in [1.29, 1.82) is 10.5 Å². The molecule has 0 fully saturated rings. The van der Waals surface area contributed by atoms with Crippen LogP contribution >= 0.6 is 0 Å². The molecule has 1 aliphatic heterocycles. The minimum Gasteiger partial charge on any atom is -0.268 e. The van der Waals surface area contributed by atoms with Crippen LogP contribution in [0.2, 0.25) is 0 Å². The molecule has 1 aliphatic rings. The van der Waals surface area contributed by atoms with Crippen molar-refractivity contribution in [3.63, 3.8) is 0 Å². The van der Waals surface area contributed by atoms with E-state index in [2.05, 4.69) is 4.98 Å². The van der Waals surface area contributed by atoms with Crippen molar-refractivity contribution in [2.24, 2.45) is 0 Å². The van der Waals surface area contributed by atoms with E-state index in [9.17, 15) is 9.59 Å². The zero-order valence-corrected chi connectivity index (χ0v) is 10.6. The number of carbonyl (C=O) groups excluding carboxylic acids is 2. The van der Waals surface area contributed by atoms with E-state index in [-0.39, 0.29) is 28.1 Å². The maximum atomic E-state index is 12.3. The Labute approximate surface area is 119 Å². The number of amides is 2. The molecule has 0 spiro atoms. The third-order valence-corrected chi connectivity index (χ3v) is 3.15. The summed E-state index contributed by atoms with van der Waals surface area (Å²) in [5.74, 6) is -1.03. The summed E-state index contributed by atoms with van der Waals surface area (Å²) in [6.07, 6.45) is 1.44.